The zero-order chi connectivity index (χ0) is 17.6. The number of amides is 2. The van der Waals surface area contributed by atoms with E-state index in [0.717, 1.165) is 50.3 Å². The van der Waals surface area contributed by atoms with Crippen LogP contribution in [0.2, 0.25) is 0 Å². The lowest BCUT2D eigenvalue weighted by Crippen LogP contribution is -2.35. The Morgan fingerprint density at radius 3 is 2.56 bits per heavy atom. The van der Waals surface area contributed by atoms with Gasteiger partial charge in [-0.05, 0) is 37.1 Å². The molecule has 0 atom stereocenters. The van der Waals surface area contributed by atoms with Crippen molar-refractivity contribution in [2.24, 2.45) is 0 Å². The van der Waals surface area contributed by atoms with Crippen molar-refractivity contribution in [1.29, 1.82) is 0 Å². The van der Waals surface area contributed by atoms with Crippen molar-refractivity contribution in [1.82, 2.24) is 9.80 Å². The van der Waals surface area contributed by atoms with Gasteiger partial charge in [-0.15, -0.1) is 11.3 Å². The lowest BCUT2D eigenvalue weighted by Gasteiger charge is -2.20. The lowest BCUT2D eigenvalue weighted by molar-refractivity contribution is -0.137. The molecule has 2 aliphatic heterocycles. The first-order chi connectivity index (χ1) is 12.2. The molecular weight excluding hydrogens is 336 g/mol. The molecule has 5 nitrogen and oxygen atoms in total. The molecule has 0 N–H and O–H groups in total. The number of nitrogens with zero attached hydrogens (tertiary/aromatic N) is 2. The zero-order valence-electron chi connectivity index (χ0n) is 14.8. The Morgan fingerprint density at radius 2 is 1.88 bits per heavy atom. The number of rotatable bonds is 9. The molecule has 0 aromatic carbocycles. The summed E-state index contributed by atoms with van der Waals surface area (Å²) in [6.07, 6.45) is 5.00. The fourth-order valence-electron chi connectivity index (χ4n) is 3.32. The van der Waals surface area contributed by atoms with Crippen LogP contribution in [0, 0.1) is 0 Å². The van der Waals surface area contributed by atoms with E-state index in [0.29, 0.717) is 30.8 Å². The second kappa shape index (κ2) is 8.63. The average molecular weight is 362 g/mol. The van der Waals surface area contributed by atoms with Gasteiger partial charge in [-0.3, -0.25) is 14.5 Å². The first-order valence-corrected chi connectivity index (χ1v) is 10.1. The molecule has 3 heterocycles. The normalized spacial score (nSPS) is 18.1. The number of hydrogen-bond donors (Lipinski definition) is 0. The van der Waals surface area contributed by atoms with Gasteiger partial charge in [-0.2, -0.15) is 0 Å². The number of hydrogen-bond acceptors (Lipinski definition) is 5. The van der Waals surface area contributed by atoms with E-state index in [-0.39, 0.29) is 11.8 Å². The third-order valence-corrected chi connectivity index (χ3v) is 5.53. The van der Waals surface area contributed by atoms with Gasteiger partial charge in [0.1, 0.15) is 5.70 Å². The summed E-state index contributed by atoms with van der Waals surface area (Å²) in [5, 5.41) is 1.95. The fourth-order valence-corrected chi connectivity index (χ4v) is 4.08. The van der Waals surface area contributed by atoms with Crippen LogP contribution in [0.15, 0.2) is 23.2 Å². The third kappa shape index (κ3) is 3.96. The van der Waals surface area contributed by atoms with E-state index >= 15 is 0 Å². The summed E-state index contributed by atoms with van der Waals surface area (Å²) in [7, 11) is 0. The Kier molecular flexibility index (Phi) is 6.26. The van der Waals surface area contributed by atoms with Crippen LogP contribution in [-0.2, 0) is 14.3 Å². The fraction of sp³-hybridized carbons (Fsp3) is 0.579. The van der Waals surface area contributed by atoms with Crippen molar-refractivity contribution in [3.8, 4) is 0 Å². The number of imide groups is 1. The van der Waals surface area contributed by atoms with Crippen molar-refractivity contribution in [3.05, 3.63) is 28.1 Å². The first kappa shape index (κ1) is 18.1. The smallest absolute Gasteiger partial charge is 0.277 e. The van der Waals surface area contributed by atoms with Crippen LogP contribution in [0.25, 0.3) is 5.57 Å². The van der Waals surface area contributed by atoms with Gasteiger partial charge in [0.2, 0.25) is 0 Å². The number of likely N-dealkylation sites (tertiary alicyclic amines) is 1. The molecule has 25 heavy (non-hydrogen) atoms. The van der Waals surface area contributed by atoms with E-state index in [1.165, 1.54) is 16.2 Å². The molecule has 2 aliphatic rings. The Hall–Kier alpha value is -1.66. The molecule has 0 radical (unpaired) electrons. The zero-order valence-corrected chi connectivity index (χ0v) is 15.6. The summed E-state index contributed by atoms with van der Waals surface area (Å²) in [4.78, 5) is 30.3. The SMILES string of the molecule is CCCCOCCCN1C(=O)C(c2cccs2)=C(N2CCCC2)C1=O. The van der Waals surface area contributed by atoms with Crippen LogP contribution in [0.1, 0.15) is 43.9 Å². The van der Waals surface area contributed by atoms with Crippen molar-refractivity contribution >= 4 is 28.7 Å². The van der Waals surface area contributed by atoms with E-state index in [2.05, 4.69) is 11.8 Å². The van der Waals surface area contributed by atoms with Gasteiger partial charge >= 0.3 is 0 Å². The topological polar surface area (TPSA) is 49.9 Å². The predicted molar refractivity (Wildman–Crippen MR) is 99.1 cm³/mol. The molecule has 3 rings (SSSR count). The van der Waals surface area contributed by atoms with E-state index in [9.17, 15) is 9.59 Å². The Bertz CT molecular complexity index is 633. The summed E-state index contributed by atoms with van der Waals surface area (Å²) >= 11 is 1.52. The molecule has 0 aliphatic carbocycles. The monoisotopic (exact) mass is 362 g/mol. The maximum atomic E-state index is 12.9. The summed E-state index contributed by atoms with van der Waals surface area (Å²) in [5.74, 6) is -0.285. The Balaban J connectivity index is 1.70. The first-order valence-electron chi connectivity index (χ1n) is 9.21. The molecule has 1 saturated heterocycles. The highest BCUT2D eigenvalue weighted by atomic mass is 32.1. The highest BCUT2D eigenvalue weighted by Crippen LogP contribution is 2.35. The molecule has 0 saturated carbocycles. The molecular formula is C19H26N2O3S. The van der Waals surface area contributed by atoms with Gasteiger partial charge in [0.25, 0.3) is 11.8 Å². The van der Waals surface area contributed by atoms with Gasteiger partial charge in [0, 0.05) is 37.7 Å². The van der Waals surface area contributed by atoms with E-state index in [1.807, 2.05) is 17.5 Å². The van der Waals surface area contributed by atoms with Gasteiger partial charge in [-0.25, -0.2) is 0 Å². The molecule has 1 aromatic heterocycles. The molecule has 0 unspecified atom stereocenters. The standard InChI is InChI=1S/C19H26N2O3S/c1-2-3-12-24-13-7-11-21-18(22)16(15-8-6-14-25-15)17(19(21)23)20-9-4-5-10-20/h6,8,14H,2-5,7,9-13H2,1H3. The minimum Gasteiger partial charge on any atom is -0.381 e. The number of ether oxygens (including phenoxy) is 1. The van der Waals surface area contributed by atoms with E-state index in [1.54, 1.807) is 0 Å². The molecule has 0 spiro atoms. The van der Waals surface area contributed by atoms with E-state index in [4.69, 9.17) is 4.74 Å². The van der Waals surface area contributed by atoms with Gasteiger partial charge < -0.3 is 9.64 Å². The maximum Gasteiger partial charge on any atom is 0.277 e. The predicted octanol–water partition coefficient (Wildman–Crippen LogP) is 3.13. The lowest BCUT2D eigenvalue weighted by atomic mass is 10.2. The Labute approximate surface area is 153 Å². The van der Waals surface area contributed by atoms with Gasteiger partial charge in [-0.1, -0.05) is 19.4 Å². The summed E-state index contributed by atoms with van der Waals surface area (Å²) in [6, 6.07) is 3.86. The second-order valence-corrected chi connectivity index (χ2v) is 7.42. The third-order valence-electron chi connectivity index (χ3n) is 4.65. The molecule has 1 aromatic rings. The average Bonchev–Trinajstić information content (AvgIpc) is 3.34. The molecule has 2 amide bonds. The van der Waals surface area contributed by atoms with Gasteiger partial charge in [0.05, 0.1) is 5.57 Å². The van der Waals surface area contributed by atoms with Crippen molar-refractivity contribution < 1.29 is 14.3 Å². The summed E-state index contributed by atoms with van der Waals surface area (Å²) < 4.78 is 5.56. The van der Waals surface area contributed by atoms with Gasteiger partial charge in [0.15, 0.2) is 0 Å². The van der Waals surface area contributed by atoms with Crippen LogP contribution < -0.4 is 0 Å². The molecule has 1 fully saturated rings. The van der Waals surface area contributed by atoms with Crippen LogP contribution in [0.5, 0.6) is 0 Å². The quantitative estimate of drug-likeness (QED) is 0.500. The van der Waals surface area contributed by atoms with Crippen LogP contribution in [0.3, 0.4) is 0 Å². The minimum atomic E-state index is -0.150. The van der Waals surface area contributed by atoms with E-state index < -0.39 is 0 Å². The van der Waals surface area contributed by atoms with Crippen molar-refractivity contribution in [3.63, 3.8) is 0 Å². The number of carbonyl (C=O) groups excluding carboxylic acids is 2. The number of carbonyl (C=O) groups is 2. The highest BCUT2D eigenvalue weighted by molar-refractivity contribution is 7.11. The largest absolute Gasteiger partial charge is 0.381 e. The Morgan fingerprint density at radius 1 is 1.12 bits per heavy atom. The maximum absolute atomic E-state index is 12.9. The number of unbranched alkanes of at least 4 members (excludes halogenated alkanes) is 1. The number of thiophene rings is 1. The minimum absolute atomic E-state index is 0.135. The van der Waals surface area contributed by atoms with Crippen LogP contribution in [0.4, 0.5) is 0 Å². The second-order valence-electron chi connectivity index (χ2n) is 6.48. The molecule has 0 bridgehead atoms. The van der Waals surface area contributed by atoms with Crippen molar-refractivity contribution in [2.75, 3.05) is 32.8 Å². The van der Waals surface area contributed by atoms with Crippen LogP contribution >= 0.6 is 11.3 Å². The van der Waals surface area contributed by atoms with Crippen LogP contribution in [-0.4, -0.2) is 54.5 Å². The molecule has 6 heteroatoms. The highest BCUT2D eigenvalue weighted by Gasteiger charge is 2.42. The summed E-state index contributed by atoms with van der Waals surface area (Å²) in [6.45, 7) is 5.60. The molecule has 136 valence electrons. The van der Waals surface area contributed by atoms with Crippen molar-refractivity contribution in [2.45, 2.75) is 39.0 Å². The summed E-state index contributed by atoms with van der Waals surface area (Å²) in [5.41, 5.74) is 1.20.